The Labute approximate surface area is 105 Å². The molecule has 7 nitrogen and oxygen atoms in total. The van der Waals surface area contributed by atoms with E-state index in [1.807, 2.05) is 0 Å². The van der Waals surface area contributed by atoms with Crippen molar-refractivity contribution in [2.75, 3.05) is 0 Å². The average molecular weight is 255 g/mol. The molecule has 7 heteroatoms. The lowest BCUT2D eigenvalue weighted by Gasteiger charge is -2.24. The molecule has 0 aliphatic rings. The average Bonchev–Trinajstić information content (AvgIpc) is 2.72. The highest BCUT2D eigenvalue weighted by molar-refractivity contribution is 5.86. The Morgan fingerprint density at radius 3 is 2.61 bits per heavy atom. The molecule has 0 aromatic carbocycles. The van der Waals surface area contributed by atoms with Gasteiger partial charge in [0.1, 0.15) is 5.54 Å². The molecule has 0 radical (unpaired) electrons. The SMILES string of the molecule is CCC(C)(NC(=O)CCc1nc(C)no1)C(=O)O. The molecule has 0 fully saturated rings. The van der Waals surface area contributed by atoms with Gasteiger partial charge in [0.15, 0.2) is 5.82 Å². The number of nitrogens with one attached hydrogen (secondary N) is 1. The fraction of sp³-hybridized carbons (Fsp3) is 0.636. The number of carboxylic acids is 1. The van der Waals surface area contributed by atoms with Gasteiger partial charge in [-0.15, -0.1) is 0 Å². The van der Waals surface area contributed by atoms with Gasteiger partial charge in [-0.3, -0.25) is 4.79 Å². The molecule has 1 aromatic rings. The molecule has 0 spiro atoms. The van der Waals surface area contributed by atoms with E-state index in [0.29, 0.717) is 24.6 Å². The summed E-state index contributed by atoms with van der Waals surface area (Å²) in [5, 5.41) is 15.1. The van der Waals surface area contributed by atoms with E-state index in [9.17, 15) is 9.59 Å². The highest BCUT2D eigenvalue weighted by Crippen LogP contribution is 2.10. The van der Waals surface area contributed by atoms with Crippen molar-refractivity contribution in [1.82, 2.24) is 15.5 Å². The van der Waals surface area contributed by atoms with E-state index in [0.717, 1.165) is 0 Å². The normalized spacial score (nSPS) is 13.9. The number of carboxylic acid groups (broad SMARTS) is 1. The molecule has 0 saturated carbocycles. The third kappa shape index (κ3) is 3.54. The van der Waals surface area contributed by atoms with Crippen molar-refractivity contribution in [3.05, 3.63) is 11.7 Å². The molecular weight excluding hydrogens is 238 g/mol. The Hall–Kier alpha value is -1.92. The van der Waals surface area contributed by atoms with Crippen LogP contribution in [0.4, 0.5) is 0 Å². The number of aliphatic carboxylic acids is 1. The van der Waals surface area contributed by atoms with Gasteiger partial charge in [0.25, 0.3) is 0 Å². The number of amides is 1. The molecule has 100 valence electrons. The van der Waals surface area contributed by atoms with Crippen LogP contribution in [0.25, 0.3) is 0 Å². The number of carbonyl (C=O) groups excluding carboxylic acids is 1. The monoisotopic (exact) mass is 255 g/mol. The van der Waals surface area contributed by atoms with Crippen LogP contribution in [0.5, 0.6) is 0 Å². The summed E-state index contributed by atoms with van der Waals surface area (Å²) in [6, 6.07) is 0. The molecule has 0 bridgehead atoms. The van der Waals surface area contributed by atoms with E-state index >= 15 is 0 Å². The maximum Gasteiger partial charge on any atom is 0.329 e. The highest BCUT2D eigenvalue weighted by Gasteiger charge is 2.32. The quantitative estimate of drug-likeness (QED) is 0.774. The molecule has 1 aromatic heterocycles. The van der Waals surface area contributed by atoms with E-state index < -0.39 is 11.5 Å². The van der Waals surface area contributed by atoms with Gasteiger partial charge < -0.3 is 14.9 Å². The first-order valence-electron chi connectivity index (χ1n) is 5.71. The predicted octanol–water partition coefficient (Wildman–Crippen LogP) is 0.680. The smallest absolute Gasteiger partial charge is 0.329 e. The summed E-state index contributed by atoms with van der Waals surface area (Å²) < 4.78 is 4.86. The molecule has 1 heterocycles. The van der Waals surface area contributed by atoms with Crippen molar-refractivity contribution in [2.45, 2.75) is 45.6 Å². The van der Waals surface area contributed by atoms with Gasteiger partial charge in [0.05, 0.1) is 0 Å². The highest BCUT2D eigenvalue weighted by atomic mass is 16.5. The van der Waals surface area contributed by atoms with E-state index in [1.54, 1.807) is 13.8 Å². The van der Waals surface area contributed by atoms with Crippen LogP contribution in [0.3, 0.4) is 0 Å². The molecule has 18 heavy (non-hydrogen) atoms. The minimum absolute atomic E-state index is 0.116. The van der Waals surface area contributed by atoms with E-state index in [4.69, 9.17) is 9.63 Å². The van der Waals surface area contributed by atoms with Crippen molar-refractivity contribution >= 4 is 11.9 Å². The summed E-state index contributed by atoms with van der Waals surface area (Å²) in [6.45, 7) is 4.87. The Morgan fingerprint density at radius 2 is 2.17 bits per heavy atom. The van der Waals surface area contributed by atoms with Gasteiger partial charge in [-0.2, -0.15) is 4.98 Å². The first-order chi connectivity index (χ1) is 8.37. The zero-order valence-electron chi connectivity index (χ0n) is 10.7. The minimum Gasteiger partial charge on any atom is -0.480 e. The van der Waals surface area contributed by atoms with Crippen molar-refractivity contribution in [2.24, 2.45) is 0 Å². The number of hydrogen-bond acceptors (Lipinski definition) is 5. The van der Waals surface area contributed by atoms with E-state index in [2.05, 4.69) is 15.5 Å². The Morgan fingerprint density at radius 1 is 1.50 bits per heavy atom. The number of nitrogens with zero attached hydrogens (tertiary/aromatic N) is 2. The number of aryl methyl sites for hydroxylation is 2. The molecule has 1 rings (SSSR count). The lowest BCUT2D eigenvalue weighted by molar-refractivity contribution is -0.147. The summed E-state index contributed by atoms with van der Waals surface area (Å²) in [5.74, 6) is -0.518. The third-order valence-electron chi connectivity index (χ3n) is 2.73. The topological polar surface area (TPSA) is 105 Å². The fourth-order valence-electron chi connectivity index (χ4n) is 1.33. The van der Waals surface area contributed by atoms with Crippen LogP contribution in [-0.2, 0) is 16.0 Å². The van der Waals surface area contributed by atoms with Crippen molar-refractivity contribution in [3.8, 4) is 0 Å². The first-order valence-corrected chi connectivity index (χ1v) is 5.71. The fourth-order valence-corrected chi connectivity index (χ4v) is 1.33. The maximum absolute atomic E-state index is 11.6. The third-order valence-corrected chi connectivity index (χ3v) is 2.73. The molecule has 2 N–H and O–H groups in total. The van der Waals surface area contributed by atoms with Gasteiger partial charge in [-0.25, -0.2) is 4.79 Å². The molecule has 1 amide bonds. The summed E-state index contributed by atoms with van der Waals surface area (Å²) in [7, 11) is 0. The first kappa shape index (κ1) is 14.1. The minimum atomic E-state index is -1.23. The number of rotatable bonds is 6. The van der Waals surface area contributed by atoms with Crippen molar-refractivity contribution in [1.29, 1.82) is 0 Å². The van der Waals surface area contributed by atoms with Crippen molar-refractivity contribution < 1.29 is 19.2 Å². The zero-order chi connectivity index (χ0) is 13.8. The van der Waals surface area contributed by atoms with Gasteiger partial charge in [-0.05, 0) is 20.3 Å². The largest absolute Gasteiger partial charge is 0.480 e. The van der Waals surface area contributed by atoms with Gasteiger partial charge in [-0.1, -0.05) is 12.1 Å². The number of aromatic nitrogens is 2. The number of carbonyl (C=O) groups is 2. The molecule has 0 aliphatic heterocycles. The van der Waals surface area contributed by atoms with E-state index in [-0.39, 0.29) is 12.3 Å². The van der Waals surface area contributed by atoms with Gasteiger partial charge in [0.2, 0.25) is 11.8 Å². The Balaban J connectivity index is 2.49. The standard InChI is InChI=1S/C11H17N3O4/c1-4-11(3,10(16)17)13-8(15)5-6-9-12-7(2)14-18-9/h4-6H2,1-3H3,(H,13,15)(H,16,17). The summed E-state index contributed by atoms with van der Waals surface area (Å²) >= 11 is 0. The van der Waals surface area contributed by atoms with Crippen LogP contribution in [0.15, 0.2) is 4.52 Å². The summed E-state index contributed by atoms with van der Waals surface area (Å²) in [5.41, 5.74) is -1.23. The Bertz CT molecular complexity index is 443. The summed E-state index contributed by atoms with van der Waals surface area (Å²) in [4.78, 5) is 26.6. The lowest BCUT2D eigenvalue weighted by Crippen LogP contribution is -2.51. The second-order valence-corrected chi connectivity index (χ2v) is 4.27. The number of hydrogen-bond donors (Lipinski definition) is 2. The van der Waals surface area contributed by atoms with Crippen LogP contribution in [0, 0.1) is 6.92 Å². The van der Waals surface area contributed by atoms with Crippen LogP contribution >= 0.6 is 0 Å². The van der Waals surface area contributed by atoms with Gasteiger partial charge in [0, 0.05) is 12.8 Å². The van der Waals surface area contributed by atoms with Crippen LogP contribution in [0.2, 0.25) is 0 Å². The molecule has 1 atom stereocenters. The van der Waals surface area contributed by atoms with Crippen molar-refractivity contribution in [3.63, 3.8) is 0 Å². The predicted molar refractivity (Wildman–Crippen MR) is 61.8 cm³/mol. The van der Waals surface area contributed by atoms with Crippen LogP contribution < -0.4 is 5.32 Å². The molecule has 0 aliphatic carbocycles. The zero-order valence-corrected chi connectivity index (χ0v) is 10.7. The van der Waals surface area contributed by atoms with E-state index in [1.165, 1.54) is 6.92 Å². The lowest BCUT2D eigenvalue weighted by atomic mass is 9.99. The molecule has 1 unspecified atom stereocenters. The molecule has 0 saturated heterocycles. The summed E-state index contributed by atoms with van der Waals surface area (Å²) in [6.07, 6.45) is 0.727. The van der Waals surface area contributed by atoms with Crippen LogP contribution in [0.1, 0.15) is 38.4 Å². The Kier molecular flexibility index (Phi) is 4.41. The molecular formula is C11H17N3O4. The second kappa shape index (κ2) is 5.61. The van der Waals surface area contributed by atoms with Crippen LogP contribution in [-0.4, -0.2) is 32.7 Å². The van der Waals surface area contributed by atoms with Gasteiger partial charge >= 0.3 is 5.97 Å². The second-order valence-electron chi connectivity index (χ2n) is 4.27. The maximum atomic E-state index is 11.6.